The predicted molar refractivity (Wildman–Crippen MR) is 86.0 cm³/mol. The first-order chi connectivity index (χ1) is 10.3. The van der Waals surface area contributed by atoms with Gasteiger partial charge in [-0.15, -0.1) is 0 Å². The summed E-state index contributed by atoms with van der Waals surface area (Å²) >= 11 is 0. The van der Waals surface area contributed by atoms with E-state index in [2.05, 4.69) is 42.1 Å². The minimum atomic E-state index is 0.698. The summed E-state index contributed by atoms with van der Waals surface area (Å²) < 4.78 is 5.70. The maximum Gasteiger partial charge on any atom is 0.0716 e. The Labute approximate surface area is 127 Å². The minimum Gasteiger partial charge on any atom is -0.377 e. The molecule has 3 nitrogen and oxygen atoms in total. The van der Waals surface area contributed by atoms with E-state index in [4.69, 9.17) is 4.74 Å². The molecule has 21 heavy (non-hydrogen) atoms. The third kappa shape index (κ3) is 5.66. The Morgan fingerprint density at radius 2 is 1.90 bits per heavy atom. The zero-order valence-electron chi connectivity index (χ0n) is 13.0. The molecule has 0 spiro atoms. The molecule has 0 N–H and O–H groups in total. The molecule has 1 heterocycles. The first kappa shape index (κ1) is 15.7. The fourth-order valence-electron chi connectivity index (χ4n) is 2.22. The maximum atomic E-state index is 5.70. The van der Waals surface area contributed by atoms with Gasteiger partial charge < -0.3 is 9.64 Å². The largest absolute Gasteiger partial charge is 0.377 e. The van der Waals surface area contributed by atoms with Crippen LogP contribution in [-0.4, -0.2) is 30.1 Å². The number of rotatable bonds is 8. The van der Waals surface area contributed by atoms with E-state index in [1.807, 2.05) is 30.5 Å². The van der Waals surface area contributed by atoms with Crippen LogP contribution in [-0.2, 0) is 17.9 Å². The molecule has 0 radical (unpaired) electrons. The quantitative estimate of drug-likeness (QED) is 0.694. The zero-order valence-corrected chi connectivity index (χ0v) is 13.0. The molecular formula is C18H24N2O. The van der Waals surface area contributed by atoms with E-state index in [1.54, 1.807) is 0 Å². The summed E-state index contributed by atoms with van der Waals surface area (Å²) in [5.41, 5.74) is 3.64. The third-order valence-corrected chi connectivity index (χ3v) is 3.48. The van der Waals surface area contributed by atoms with Crippen LogP contribution in [0.25, 0.3) is 0 Å². The molecule has 1 aromatic heterocycles. The van der Waals surface area contributed by atoms with E-state index in [0.29, 0.717) is 6.61 Å². The van der Waals surface area contributed by atoms with Crippen LogP contribution in [0.2, 0.25) is 0 Å². The normalized spacial score (nSPS) is 11.0. The van der Waals surface area contributed by atoms with Gasteiger partial charge in [0.15, 0.2) is 0 Å². The summed E-state index contributed by atoms with van der Waals surface area (Å²) in [7, 11) is 2.13. The van der Waals surface area contributed by atoms with E-state index in [0.717, 1.165) is 31.8 Å². The monoisotopic (exact) mass is 284 g/mol. The van der Waals surface area contributed by atoms with Crippen molar-refractivity contribution in [3.8, 4) is 0 Å². The molecular weight excluding hydrogens is 260 g/mol. The number of benzene rings is 1. The van der Waals surface area contributed by atoms with Crippen LogP contribution in [0.15, 0.2) is 48.7 Å². The van der Waals surface area contributed by atoms with Gasteiger partial charge in [-0.3, -0.25) is 4.98 Å². The van der Waals surface area contributed by atoms with Crippen LogP contribution in [0.4, 0.5) is 0 Å². The highest BCUT2D eigenvalue weighted by molar-refractivity contribution is 5.17. The lowest BCUT2D eigenvalue weighted by Crippen LogP contribution is -2.21. The first-order valence-electron chi connectivity index (χ1n) is 7.46. The van der Waals surface area contributed by atoms with E-state index in [-0.39, 0.29) is 0 Å². The van der Waals surface area contributed by atoms with Crippen molar-refractivity contribution in [1.82, 2.24) is 9.88 Å². The lowest BCUT2D eigenvalue weighted by molar-refractivity contribution is 0.110. The Kier molecular flexibility index (Phi) is 6.38. The minimum absolute atomic E-state index is 0.698. The molecule has 0 atom stereocenters. The van der Waals surface area contributed by atoms with Crippen molar-refractivity contribution in [2.24, 2.45) is 0 Å². The van der Waals surface area contributed by atoms with E-state index in [9.17, 15) is 0 Å². The lowest BCUT2D eigenvalue weighted by Gasteiger charge is -2.17. The second kappa shape index (κ2) is 8.55. The highest BCUT2D eigenvalue weighted by Gasteiger charge is 2.03. The Balaban J connectivity index is 1.61. The summed E-state index contributed by atoms with van der Waals surface area (Å²) in [5, 5.41) is 0. The van der Waals surface area contributed by atoms with Crippen molar-refractivity contribution in [3.05, 3.63) is 65.5 Å². The number of aromatic nitrogens is 1. The van der Waals surface area contributed by atoms with Crippen molar-refractivity contribution >= 4 is 0 Å². The Hall–Kier alpha value is -1.71. The molecule has 112 valence electrons. The molecule has 0 aliphatic carbocycles. The van der Waals surface area contributed by atoms with Gasteiger partial charge in [0, 0.05) is 25.9 Å². The van der Waals surface area contributed by atoms with Gasteiger partial charge in [-0.25, -0.2) is 0 Å². The molecule has 0 unspecified atom stereocenters. The van der Waals surface area contributed by atoms with E-state index >= 15 is 0 Å². The molecule has 0 saturated heterocycles. The smallest absolute Gasteiger partial charge is 0.0716 e. The van der Waals surface area contributed by atoms with Gasteiger partial charge in [0.2, 0.25) is 0 Å². The van der Waals surface area contributed by atoms with Crippen LogP contribution in [0.1, 0.15) is 23.2 Å². The number of hydrogen-bond donors (Lipinski definition) is 0. The Morgan fingerprint density at radius 1 is 1.10 bits per heavy atom. The first-order valence-corrected chi connectivity index (χ1v) is 7.46. The van der Waals surface area contributed by atoms with Gasteiger partial charge in [-0.05, 0) is 37.6 Å². The summed E-state index contributed by atoms with van der Waals surface area (Å²) in [6.07, 6.45) is 2.90. The summed E-state index contributed by atoms with van der Waals surface area (Å²) in [4.78, 5) is 6.72. The molecule has 0 aliphatic heterocycles. The van der Waals surface area contributed by atoms with Crippen LogP contribution in [0.5, 0.6) is 0 Å². The Morgan fingerprint density at radius 3 is 2.67 bits per heavy atom. The average molecular weight is 284 g/mol. The van der Waals surface area contributed by atoms with Crippen LogP contribution < -0.4 is 0 Å². The standard InChI is InChI=1S/C18H24N2O/c1-16-8-6-11-19-18(16)14-20(2)12-7-13-21-15-17-9-4-3-5-10-17/h3-6,8-11H,7,12-15H2,1-2H3. The summed E-state index contributed by atoms with van der Waals surface area (Å²) in [5.74, 6) is 0. The van der Waals surface area contributed by atoms with Gasteiger partial charge in [-0.1, -0.05) is 36.4 Å². The zero-order chi connectivity index (χ0) is 14.9. The number of hydrogen-bond acceptors (Lipinski definition) is 3. The van der Waals surface area contributed by atoms with Crippen molar-refractivity contribution in [2.75, 3.05) is 20.2 Å². The SMILES string of the molecule is Cc1cccnc1CN(C)CCCOCc1ccccc1. The molecule has 0 amide bonds. The van der Waals surface area contributed by atoms with Crippen molar-refractivity contribution in [1.29, 1.82) is 0 Å². The molecule has 0 aliphatic rings. The molecule has 1 aromatic carbocycles. The molecule has 2 aromatic rings. The predicted octanol–water partition coefficient (Wildman–Crippen LogP) is 3.43. The lowest BCUT2D eigenvalue weighted by atomic mass is 10.2. The average Bonchev–Trinajstić information content (AvgIpc) is 2.50. The maximum absolute atomic E-state index is 5.70. The molecule has 2 rings (SSSR count). The van der Waals surface area contributed by atoms with E-state index in [1.165, 1.54) is 11.1 Å². The second-order valence-electron chi connectivity index (χ2n) is 5.40. The van der Waals surface area contributed by atoms with Crippen LogP contribution >= 0.6 is 0 Å². The van der Waals surface area contributed by atoms with Crippen molar-refractivity contribution in [2.45, 2.75) is 26.5 Å². The van der Waals surface area contributed by atoms with E-state index < -0.39 is 0 Å². The number of pyridine rings is 1. The highest BCUT2D eigenvalue weighted by Crippen LogP contribution is 2.06. The molecule has 0 saturated carbocycles. The van der Waals surface area contributed by atoms with Gasteiger partial charge >= 0.3 is 0 Å². The third-order valence-electron chi connectivity index (χ3n) is 3.48. The summed E-state index contributed by atoms with van der Waals surface area (Å²) in [6.45, 7) is 5.51. The topological polar surface area (TPSA) is 25.4 Å². The highest BCUT2D eigenvalue weighted by atomic mass is 16.5. The molecule has 0 fully saturated rings. The fourth-order valence-corrected chi connectivity index (χ4v) is 2.22. The second-order valence-corrected chi connectivity index (χ2v) is 5.40. The number of ether oxygens (including phenoxy) is 1. The molecule has 3 heteroatoms. The number of nitrogens with zero attached hydrogens (tertiary/aromatic N) is 2. The van der Waals surface area contributed by atoms with Crippen LogP contribution in [0.3, 0.4) is 0 Å². The van der Waals surface area contributed by atoms with Gasteiger partial charge in [-0.2, -0.15) is 0 Å². The molecule has 0 bridgehead atoms. The van der Waals surface area contributed by atoms with Crippen LogP contribution in [0, 0.1) is 6.92 Å². The van der Waals surface area contributed by atoms with Crippen molar-refractivity contribution < 1.29 is 4.74 Å². The van der Waals surface area contributed by atoms with Crippen molar-refractivity contribution in [3.63, 3.8) is 0 Å². The van der Waals surface area contributed by atoms with Gasteiger partial charge in [0.25, 0.3) is 0 Å². The fraction of sp³-hybridized carbons (Fsp3) is 0.389. The van der Waals surface area contributed by atoms with Gasteiger partial charge in [0.1, 0.15) is 0 Å². The number of aryl methyl sites for hydroxylation is 1. The summed E-state index contributed by atoms with van der Waals surface area (Å²) in [6, 6.07) is 14.4. The van der Waals surface area contributed by atoms with Gasteiger partial charge in [0.05, 0.1) is 12.3 Å². The Bertz CT molecular complexity index is 528.